The summed E-state index contributed by atoms with van der Waals surface area (Å²) in [5, 5.41) is 14.6. The van der Waals surface area contributed by atoms with Crippen LogP contribution in [0.15, 0.2) is 89.7 Å². The Morgan fingerprint density at radius 1 is 0.941 bits per heavy atom. The van der Waals surface area contributed by atoms with E-state index in [9.17, 15) is 14.7 Å². The van der Waals surface area contributed by atoms with Crippen molar-refractivity contribution in [3.63, 3.8) is 0 Å². The summed E-state index contributed by atoms with van der Waals surface area (Å²) in [6.45, 7) is 3.51. The summed E-state index contributed by atoms with van der Waals surface area (Å²) in [6, 6.07) is 27.0. The van der Waals surface area contributed by atoms with Crippen molar-refractivity contribution in [2.24, 2.45) is 0 Å². The number of aliphatic hydroxyl groups excluding tert-OH is 1. The van der Waals surface area contributed by atoms with E-state index in [2.05, 4.69) is 10.3 Å². The van der Waals surface area contributed by atoms with Gasteiger partial charge >= 0.3 is 0 Å². The third-order valence-corrected chi connectivity index (χ3v) is 5.91. The minimum Gasteiger partial charge on any atom is -0.395 e. The number of aliphatic hydroxyl groups is 1. The van der Waals surface area contributed by atoms with Crippen molar-refractivity contribution in [1.82, 2.24) is 15.2 Å². The number of carbonyl (C=O) groups excluding carboxylic acids is 1. The van der Waals surface area contributed by atoms with Crippen LogP contribution in [0.5, 0.6) is 0 Å². The van der Waals surface area contributed by atoms with E-state index in [1.54, 1.807) is 12.1 Å². The first-order chi connectivity index (χ1) is 16.5. The molecule has 0 radical (unpaired) electrons. The fourth-order valence-electron chi connectivity index (χ4n) is 4.20. The molecule has 3 N–H and O–H groups in total. The summed E-state index contributed by atoms with van der Waals surface area (Å²) >= 11 is 0. The quantitative estimate of drug-likeness (QED) is 0.356. The van der Waals surface area contributed by atoms with Gasteiger partial charge in [0.1, 0.15) is 5.56 Å². The largest absolute Gasteiger partial charge is 0.395 e. The Kier molecular flexibility index (Phi) is 7.52. The zero-order chi connectivity index (χ0) is 23.9. The van der Waals surface area contributed by atoms with Crippen LogP contribution in [0.1, 0.15) is 40.1 Å². The maximum Gasteiger partial charge on any atom is 0.261 e. The topological polar surface area (TPSA) is 85.4 Å². The van der Waals surface area contributed by atoms with E-state index < -0.39 is 11.5 Å². The number of nitrogens with one attached hydrogen (secondary N) is 2. The van der Waals surface area contributed by atoms with Crippen LogP contribution >= 0.6 is 0 Å². The smallest absolute Gasteiger partial charge is 0.261 e. The van der Waals surface area contributed by atoms with Gasteiger partial charge in [0, 0.05) is 25.3 Å². The Labute approximate surface area is 198 Å². The molecule has 3 aromatic carbocycles. The molecular formula is C28H29N3O3. The van der Waals surface area contributed by atoms with E-state index in [1.165, 1.54) is 0 Å². The van der Waals surface area contributed by atoms with Gasteiger partial charge in [0.05, 0.1) is 12.6 Å². The molecule has 0 spiro atoms. The minimum atomic E-state index is -0.427. The molecular weight excluding hydrogens is 426 g/mol. The normalized spacial score (nSPS) is 12.1. The Morgan fingerprint density at radius 3 is 2.44 bits per heavy atom. The average molecular weight is 456 g/mol. The number of benzene rings is 3. The highest BCUT2D eigenvalue weighted by Gasteiger charge is 2.17. The van der Waals surface area contributed by atoms with Crippen LogP contribution in [0.3, 0.4) is 0 Å². The highest BCUT2D eigenvalue weighted by molar-refractivity contribution is 5.94. The molecule has 4 rings (SSSR count). The predicted molar refractivity (Wildman–Crippen MR) is 135 cm³/mol. The molecule has 1 aromatic heterocycles. The van der Waals surface area contributed by atoms with Gasteiger partial charge in [-0.1, -0.05) is 72.8 Å². The van der Waals surface area contributed by atoms with Crippen molar-refractivity contribution in [3.05, 3.63) is 118 Å². The van der Waals surface area contributed by atoms with E-state index in [-0.39, 0.29) is 18.2 Å². The lowest BCUT2D eigenvalue weighted by Gasteiger charge is -2.21. The van der Waals surface area contributed by atoms with Crippen molar-refractivity contribution in [2.75, 3.05) is 13.2 Å². The molecule has 0 saturated carbocycles. The molecule has 0 saturated heterocycles. The van der Waals surface area contributed by atoms with Crippen molar-refractivity contribution < 1.29 is 9.90 Å². The lowest BCUT2D eigenvalue weighted by Crippen LogP contribution is -2.33. The number of fused-ring (bicyclic) bond motifs is 1. The molecule has 1 amide bonds. The molecule has 4 aromatic rings. The predicted octanol–water partition coefficient (Wildman–Crippen LogP) is 4.01. The van der Waals surface area contributed by atoms with Gasteiger partial charge in [0.2, 0.25) is 0 Å². The number of aromatic amines is 1. The molecule has 1 heterocycles. The molecule has 0 aliphatic heterocycles. The van der Waals surface area contributed by atoms with E-state index in [0.29, 0.717) is 25.3 Å². The van der Waals surface area contributed by atoms with Crippen molar-refractivity contribution >= 4 is 16.7 Å². The number of aromatic nitrogens is 1. The number of rotatable bonds is 9. The van der Waals surface area contributed by atoms with E-state index >= 15 is 0 Å². The van der Waals surface area contributed by atoms with Gasteiger partial charge < -0.3 is 15.4 Å². The first kappa shape index (κ1) is 23.4. The van der Waals surface area contributed by atoms with Crippen LogP contribution in [0, 0.1) is 0 Å². The summed E-state index contributed by atoms with van der Waals surface area (Å²) in [4.78, 5) is 30.5. The van der Waals surface area contributed by atoms with Crippen LogP contribution in [-0.4, -0.2) is 34.0 Å². The second kappa shape index (κ2) is 10.9. The van der Waals surface area contributed by atoms with Crippen molar-refractivity contribution in [1.29, 1.82) is 0 Å². The van der Waals surface area contributed by atoms with Gasteiger partial charge in [-0.25, -0.2) is 0 Å². The first-order valence-electron chi connectivity index (χ1n) is 11.4. The number of carbonyl (C=O) groups is 1. The Bertz CT molecular complexity index is 1310. The number of hydrogen-bond donors (Lipinski definition) is 3. The van der Waals surface area contributed by atoms with Crippen LogP contribution in [0.25, 0.3) is 10.8 Å². The fourth-order valence-corrected chi connectivity index (χ4v) is 4.20. The fraction of sp³-hybridized carbons (Fsp3) is 0.214. The van der Waals surface area contributed by atoms with Crippen LogP contribution < -0.4 is 10.9 Å². The van der Waals surface area contributed by atoms with Crippen LogP contribution in [0.4, 0.5) is 0 Å². The number of hydrogen-bond acceptors (Lipinski definition) is 4. The number of H-pyrrole nitrogens is 1. The molecule has 174 valence electrons. The summed E-state index contributed by atoms with van der Waals surface area (Å²) in [6.07, 6.45) is 0. The number of amides is 1. The summed E-state index contributed by atoms with van der Waals surface area (Å²) in [7, 11) is 0. The highest BCUT2D eigenvalue weighted by Crippen LogP contribution is 2.24. The lowest BCUT2D eigenvalue weighted by atomic mass is 9.99. The highest BCUT2D eigenvalue weighted by atomic mass is 16.3. The zero-order valence-corrected chi connectivity index (χ0v) is 19.2. The summed E-state index contributed by atoms with van der Waals surface area (Å²) < 4.78 is 0. The minimum absolute atomic E-state index is 0.0175. The van der Waals surface area contributed by atoms with E-state index in [1.807, 2.05) is 84.6 Å². The maximum atomic E-state index is 12.9. The van der Waals surface area contributed by atoms with Crippen LogP contribution in [-0.2, 0) is 13.1 Å². The molecule has 6 heteroatoms. The first-order valence-corrected chi connectivity index (χ1v) is 11.4. The monoisotopic (exact) mass is 455 g/mol. The van der Waals surface area contributed by atoms with E-state index in [4.69, 9.17) is 0 Å². The van der Waals surface area contributed by atoms with Crippen molar-refractivity contribution in [2.45, 2.75) is 26.1 Å². The SMILES string of the molecule is C[C@H](NC(=O)c1ccc(CN(CCO)Cc2ccccc2)[nH]c1=O)c1cccc2ccccc12. The lowest BCUT2D eigenvalue weighted by molar-refractivity contribution is 0.0938. The second-order valence-electron chi connectivity index (χ2n) is 8.41. The van der Waals surface area contributed by atoms with Gasteiger partial charge in [-0.3, -0.25) is 14.5 Å². The van der Waals surface area contributed by atoms with Crippen LogP contribution in [0.2, 0.25) is 0 Å². The maximum absolute atomic E-state index is 12.9. The zero-order valence-electron chi connectivity index (χ0n) is 19.2. The van der Waals surface area contributed by atoms with Gasteiger partial charge in [-0.05, 0) is 41.0 Å². The number of pyridine rings is 1. The van der Waals surface area contributed by atoms with Gasteiger partial charge in [0.15, 0.2) is 0 Å². The molecule has 1 atom stereocenters. The van der Waals surface area contributed by atoms with Gasteiger partial charge in [-0.15, -0.1) is 0 Å². The molecule has 34 heavy (non-hydrogen) atoms. The standard InChI is InChI=1S/C28H29N3O3/c1-20(24-13-7-11-22-10-5-6-12-25(22)24)29-27(33)26-15-14-23(30-28(26)34)19-31(16-17-32)18-21-8-3-2-4-9-21/h2-15,20,32H,16-19H2,1H3,(H,29,33)(H,30,34)/t20-/m0/s1. The molecule has 6 nitrogen and oxygen atoms in total. The second-order valence-corrected chi connectivity index (χ2v) is 8.41. The molecule has 0 bridgehead atoms. The molecule has 0 aliphatic carbocycles. The summed E-state index contributed by atoms with van der Waals surface area (Å²) in [5.74, 6) is -0.412. The summed E-state index contributed by atoms with van der Waals surface area (Å²) in [5.41, 5.74) is 2.46. The Hall–Kier alpha value is -3.74. The molecule has 0 fully saturated rings. The number of nitrogens with zero attached hydrogens (tertiary/aromatic N) is 1. The third-order valence-electron chi connectivity index (χ3n) is 5.91. The third kappa shape index (κ3) is 5.60. The molecule has 0 aliphatic rings. The van der Waals surface area contributed by atoms with Gasteiger partial charge in [-0.2, -0.15) is 0 Å². The van der Waals surface area contributed by atoms with E-state index in [0.717, 1.165) is 21.9 Å². The molecule has 0 unspecified atom stereocenters. The Morgan fingerprint density at radius 2 is 1.68 bits per heavy atom. The average Bonchev–Trinajstić information content (AvgIpc) is 2.84. The Balaban J connectivity index is 1.46. The van der Waals surface area contributed by atoms with Crippen molar-refractivity contribution in [3.8, 4) is 0 Å². The van der Waals surface area contributed by atoms with Gasteiger partial charge in [0.25, 0.3) is 11.5 Å².